The number of aromatic nitrogens is 2. The second kappa shape index (κ2) is 8.28. The van der Waals surface area contributed by atoms with Gasteiger partial charge in [-0.15, -0.1) is 21.5 Å². The fourth-order valence-corrected chi connectivity index (χ4v) is 3.82. The molecule has 0 aliphatic heterocycles. The van der Waals surface area contributed by atoms with E-state index in [2.05, 4.69) is 36.4 Å². The van der Waals surface area contributed by atoms with Crippen LogP contribution in [0.25, 0.3) is 0 Å². The molecule has 0 fully saturated rings. The van der Waals surface area contributed by atoms with Crippen molar-refractivity contribution in [1.82, 2.24) is 10.2 Å². The number of nitro benzene ring substituents is 2. The monoisotopic (exact) mass is 482 g/mol. The van der Waals surface area contributed by atoms with Crippen molar-refractivity contribution in [1.29, 1.82) is 0 Å². The van der Waals surface area contributed by atoms with Crippen molar-refractivity contribution in [2.45, 2.75) is 0 Å². The minimum Gasteiger partial charge on any atom is -0.296 e. The predicted octanol–water partition coefficient (Wildman–Crippen LogP) is 4.18. The van der Waals surface area contributed by atoms with Gasteiger partial charge in [0.15, 0.2) is 0 Å². The maximum atomic E-state index is 12.3. The number of nitro groups is 2. The van der Waals surface area contributed by atoms with Gasteiger partial charge in [0.1, 0.15) is 0 Å². The number of halogens is 1. The number of nitrogens with one attached hydrogen (secondary N) is 1. The fourth-order valence-electron chi connectivity index (χ4n) is 1.94. The van der Waals surface area contributed by atoms with Crippen LogP contribution in [0.5, 0.6) is 0 Å². The van der Waals surface area contributed by atoms with Gasteiger partial charge in [-0.3, -0.25) is 30.3 Å². The number of non-ortho nitro benzene ring substituents is 2. The number of benzene rings is 1. The Kier molecular flexibility index (Phi) is 5.81. The molecule has 0 aliphatic rings. The first kappa shape index (κ1) is 19.7. The summed E-state index contributed by atoms with van der Waals surface area (Å²) in [6.07, 6.45) is 1.59. The Bertz CT molecular complexity index is 1080. The van der Waals surface area contributed by atoms with Gasteiger partial charge < -0.3 is 0 Å². The van der Waals surface area contributed by atoms with E-state index in [9.17, 15) is 25.0 Å². The molecule has 1 aromatic carbocycles. The van der Waals surface area contributed by atoms with Gasteiger partial charge in [-0.2, -0.15) is 0 Å². The van der Waals surface area contributed by atoms with Gasteiger partial charge in [0.25, 0.3) is 17.3 Å². The Labute approximate surface area is 172 Å². The lowest BCUT2D eigenvalue weighted by atomic mass is 10.1. The van der Waals surface area contributed by atoms with Crippen molar-refractivity contribution in [2.24, 2.45) is 4.99 Å². The summed E-state index contributed by atoms with van der Waals surface area (Å²) >= 11 is 5.79. The van der Waals surface area contributed by atoms with E-state index < -0.39 is 27.1 Å². The molecule has 0 saturated heterocycles. The number of hydrogen-bond donors (Lipinski definition) is 1. The summed E-state index contributed by atoms with van der Waals surface area (Å²) in [4.78, 5) is 37.5. The molecular formula is C14H7BrN6O5S2. The maximum absolute atomic E-state index is 12.3. The molecule has 0 bridgehead atoms. The standard InChI is InChI=1S/C14H7BrN6O5S2/c15-11-2-1-10(27-11)6-16-13-18-19-14(28-13)17-12(22)7-3-8(20(23)24)5-9(4-7)21(25)26/h1-6H,(H,17,19,22). The molecule has 28 heavy (non-hydrogen) atoms. The smallest absolute Gasteiger partial charge is 0.277 e. The normalized spacial score (nSPS) is 10.9. The number of carbonyl (C=O) groups is 1. The highest BCUT2D eigenvalue weighted by atomic mass is 79.9. The van der Waals surface area contributed by atoms with Gasteiger partial charge in [-0.25, -0.2) is 4.99 Å². The third-order valence-corrected chi connectivity index (χ3v) is 5.42. The second-order valence-corrected chi connectivity index (χ2v) is 8.45. The third kappa shape index (κ3) is 4.79. The summed E-state index contributed by atoms with van der Waals surface area (Å²) in [5.74, 6) is -0.791. The third-order valence-electron chi connectivity index (χ3n) is 3.12. The summed E-state index contributed by atoms with van der Waals surface area (Å²) < 4.78 is 0.949. The molecule has 3 rings (SSSR count). The van der Waals surface area contributed by atoms with Crippen LogP contribution in [-0.4, -0.2) is 32.2 Å². The molecule has 1 amide bonds. The van der Waals surface area contributed by atoms with Crippen molar-refractivity contribution >= 4 is 72.4 Å². The molecule has 2 aromatic heterocycles. The van der Waals surface area contributed by atoms with Gasteiger partial charge in [-0.1, -0.05) is 11.3 Å². The van der Waals surface area contributed by atoms with Crippen LogP contribution in [0.15, 0.2) is 39.1 Å². The largest absolute Gasteiger partial charge is 0.296 e. The predicted molar refractivity (Wildman–Crippen MR) is 107 cm³/mol. The Balaban J connectivity index is 1.76. The molecule has 0 aliphatic carbocycles. The average molecular weight is 483 g/mol. The molecule has 0 unspecified atom stereocenters. The number of carbonyl (C=O) groups excluding carboxylic acids is 1. The summed E-state index contributed by atoms with van der Waals surface area (Å²) in [6, 6.07) is 6.39. The SMILES string of the molecule is O=C(Nc1nnc(N=Cc2ccc(Br)s2)s1)c1cc([N+](=O)[O-])cc([N+](=O)[O-])c1. The van der Waals surface area contributed by atoms with Gasteiger partial charge in [-0.05, 0) is 28.1 Å². The van der Waals surface area contributed by atoms with Gasteiger partial charge in [0.2, 0.25) is 10.3 Å². The number of nitrogens with zero attached hydrogens (tertiary/aromatic N) is 5. The van der Waals surface area contributed by atoms with Crippen LogP contribution in [0, 0.1) is 20.2 Å². The van der Waals surface area contributed by atoms with Gasteiger partial charge >= 0.3 is 0 Å². The molecule has 0 atom stereocenters. The van der Waals surface area contributed by atoms with Crippen LogP contribution in [0.3, 0.4) is 0 Å². The topological polar surface area (TPSA) is 154 Å². The van der Waals surface area contributed by atoms with Crippen molar-refractivity contribution < 1.29 is 14.6 Å². The van der Waals surface area contributed by atoms with E-state index >= 15 is 0 Å². The number of hydrogen-bond acceptors (Lipinski definition) is 10. The Morgan fingerprint density at radius 2 is 1.79 bits per heavy atom. The Morgan fingerprint density at radius 3 is 2.36 bits per heavy atom. The Morgan fingerprint density at radius 1 is 1.11 bits per heavy atom. The van der Waals surface area contributed by atoms with E-state index in [0.717, 1.165) is 38.2 Å². The quantitative estimate of drug-likeness (QED) is 0.313. The average Bonchev–Trinajstić information content (AvgIpc) is 3.28. The highest BCUT2D eigenvalue weighted by Gasteiger charge is 2.20. The zero-order chi connectivity index (χ0) is 20.3. The summed E-state index contributed by atoms with van der Waals surface area (Å²) in [5.41, 5.74) is -1.38. The van der Waals surface area contributed by atoms with E-state index in [-0.39, 0.29) is 15.8 Å². The lowest BCUT2D eigenvalue weighted by Gasteiger charge is -2.01. The van der Waals surface area contributed by atoms with Crippen molar-refractivity contribution in [3.05, 3.63) is 64.8 Å². The molecular weight excluding hydrogens is 476 g/mol. The lowest BCUT2D eigenvalue weighted by Crippen LogP contribution is -2.12. The minimum atomic E-state index is -0.815. The maximum Gasteiger partial charge on any atom is 0.277 e. The Hall–Kier alpha value is -3.10. The van der Waals surface area contributed by atoms with Crippen LogP contribution in [-0.2, 0) is 0 Å². The van der Waals surface area contributed by atoms with Crippen molar-refractivity contribution in [3.63, 3.8) is 0 Å². The van der Waals surface area contributed by atoms with E-state index in [0.29, 0.717) is 0 Å². The molecule has 2 heterocycles. The first-order chi connectivity index (χ1) is 13.3. The highest BCUT2D eigenvalue weighted by molar-refractivity contribution is 9.11. The first-order valence-corrected chi connectivity index (χ1v) is 9.62. The second-order valence-electron chi connectivity index (χ2n) is 5.00. The van der Waals surface area contributed by atoms with Crippen LogP contribution >= 0.6 is 38.6 Å². The molecule has 142 valence electrons. The summed E-state index contributed by atoms with van der Waals surface area (Å²) in [5, 5.41) is 32.2. The fraction of sp³-hybridized carbons (Fsp3) is 0. The minimum absolute atomic E-state index is 0.0960. The van der Waals surface area contributed by atoms with Crippen LogP contribution < -0.4 is 5.32 Å². The molecule has 0 saturated carbocycles. The van der Waals surface area contributed by atoms with E-state index in [1.54, 1.807) is 6.21 Å². The first-order valence-electron chi connectivity index (χ1n) is 7.20. The molecule has 14 heteroatoms. The number of thiophene rings is 1. The number of amides is 1. The van der Waals surface area contributed by atoms with Gasteiger partial charge in [0.05, 0.1) is 25.3 Å². The van der Waals surface area contributed by atoms with E-state index in [4.69, 9.17) is 0 Å². The molecule has 1 N–H and O–H groups in total. The number of anilines is 1. The van der Waals surface area contributed by atoms with Crippen molar-refractivity contribution in [3.8, 4) is 0 Å². The zero-order valence-electron chi connectivity index (χ0n) is 13.4. The van der Waals surface area contributed by atoms with Gasteiger partial charge in [0, 0.05) is 23.2 Å². The summed E-state index contributed by atoms with van der Waals surface area (Å²) in [6.45, 7) is 0. The molecule has 11 nitrogen and oxygen atoms in total. The molecule has 3 aromatic rings. The lowest BCUT2D eigenvalue weighted by molar-refractivity contribution is -0.394. The zero-order valence-corrected chi connectivity index (χ0v) is 16.7. The van der Waals surface area contributed by atoms with Crippen LogP contribution in [0.1, 0.15) is 15.2 Å². The molecule has 0 radical (unpaired) electrons. The summed E-state index contributed by atoms with van der Waals surface area (Å²) in [7, 11) is 0. The van der Waals surface area contributed by atoms with Crippen molar-refractivity contribution in [2.75, 3.05) is 5.32 Å². The number of aliphatic imine (C=N–C) groups is 1. The molecule has 0 spiro atoms. The number of rotatable bonds is 6. The van der Waals surface area contributed by atoms with E-state index in [1.807, 2.05) is 12.1 Å². The highest BCUT2D eigenvalue weighted by Crippen LogP contribution is 2.27. The van der Waals surface area contributed by atoms with E-state index in [1.165, 1.54) is 11.3 Å². The van der Waals surface area contributed by atoms with Crippen LogP contribution in [0.2, 0.25) is 0 Å². The van der Waals surface area contributed by atoms with Crippen LogP contribution in [0.4, 0.5) is 21.6 Å².